The Kier molecular flexibility index (Phi) is 8.47. The minimum absolute atomic E-state index is 0.101. The molecule has 0 unspecified atom stereocenters. The average Bonchev–Trinajstić information content (AvgIpc) is 2.89. The summed E-state index contributed by atoms with van der Waals surface area (Å²) < 4.78 is 2.36. The quantitative estimate of drug-likeness (QED) is 0.207. The topological polar surface area (TPSA) is 151 Å². The van der Waals surface area contributed by atoms with Gasteiger partial charge in [0.15, 0.2) is 0 Å². The van der Waals surface area contributed by atoms with E-state index < -0.39 is 11.4 Å². The Morgan fingerprint density at radius 1 is 0.676 bits per heavy atom. The van der Waals surface area contributed by atoms with Crippen LogP contribution in [0, 0.1) is 0 Å². The molecule has 2 aromatic heterocycles. The van der Waals surface area contributed by atoms with Gasteiger partial charge in [0, 0.05) is 26.1 Å². The third-order valence-electron chi connectivity index (χ3n) is 6.15. The molecule has 4 aromatic rings. The van der Waals surface area contributed by atoms with Crippen LogP contribution in [0.25, 0.3) is 21.8 Å². The van der Waals surface area contributed by atoms with Crippen LogP contribution in [0.3, 0.4) is 0 Å². The van der Waals surface area contributed by atoms with Gasteiger partial charge in [-0.05, 0) is 56.6 Å². The highest BCUT2D eigenvalue weighted by Gasteiger charge is 2.08. The number of H-pyrrole nitrogens is 2. The van der Waals surface area contributed by atoms with E-state index in [2.05, 4.69) is 20.6 Å². The number of amides is 1. The Morgan fingerprint density at radius 3 is 1.73 bits per heavy atom. The third-order valence-corrected chi connectivity index (χ3v) is 6.15. The molecule has 37 heavy (non-hydrogen) atoms. The van der Waals surface area contributed by atoms with Crippen LogP contribution >= 0.6 is 0 Å². The summed E-state index contributed by atoms with van der Waals surface area (Å²) in [5, 5.41) is 6.97. The van der Waals surface area contributed by atoms with E-state index in [1.54, 1.807) is 48.5 Å². The molecule has 0 bridgehead atoms. The molecule has 194 valence electrons. The van der Waals surface area contributed by atoms with Crippen molar-refractivity contribution in [3.8, 4) is 0 Å². The van der Waals surface area contributed by atoms with Gasteiger partial charge in [-0.3, -0.25) is 23.5 Å². The molecule has 0 atom stereocenters. The lowest BCUT2D eigenvalue weighted by molar-refractivity contribution is -0.121. The fourth-order valence-electron chi connectivity index (χ4n) is 4.22. The number of aromatic nitrogens is 4. The lowest BCUT2D eigenvalue weighted by Crippen LogP contribution is -2.36. The molecule has 2 heterocycles. The van der Waals surface area contributed by atoms with Gasteiger partial charge in [-0.25, -0.2) is 9.59 Å². The molecule has 11 heteroatoms. The summed E-state index contributed by atoms with van der Waals surface area (Å²) in [4.78, 5) is 66.9. The van der Waals surface area contributed by atoms with E-state index >= 15 is 0 Å². The predicted molar refractivity (Wildman–Crippen MR) is 142 cm³/mol. The number of nitrogens with one attached hydrogen (secondary N) is 4. The normalized spacial score (nSPS) is 11.2. The largest absolute Gasteiger partial charge is 0.356 e. The zero-order valence-electron chi connectivity index (χ0n) is 20.4. The van der Waals surface area contributed by atoms with Gasteiger partial charge in [0.05, 0.1) is 21.8 Å². The van der Waals surface area contributed by atoms with Crippen LogP contribution in [0.1, 0.15) is 25.7 Å². The maximum atomic E-state index is 12.5. The molecule has 2 aromatic carbocycles. The zero-order chi connectivity index (χ0) is 26.2. The van der Waals surface area contributed by atoms with Crippen LogP contribution in [0.5, 0.6) is 0 Å². The Hall–Kier alpha value is -4.25. The summed E-state index contributed by atoms with van der Waals surface area (Å²) in [6, 6.07) is 13.8. The van der Waals surface area contributed by atoms with Crippen LogP contribution in [0.2, 0.25) is 0 Å². The van der Waals surface area contributed by atoms with Crippen molar-refractivity contribution in [2.75, 3.05) is 19.6 Å². The molecule has 0 aliphatic heterocycles. The first kappa shape index (κ1) is 25.8. The number of para-hydroxylation sites is 2. The molecule has 0 saturated carbocycles. The van der Waals surface area contributed by atoms with Crippen molar-refractivity contribution < 1.29 is 4.79 Å². The molecule has 1 amide bonds. The number of aromatic amines is 2. The van der Waals surface area contributed by atoms with Crippen molar-refractivity contribution in [3.63, 3.8) is 0 Å². The summed E-state index contributed by atoms with van der Waals surface area (Å²) in [5.41, 5.74) is -0.488. The van der Waals surface area contributed by atoms with Gasteiger partial charge in [-0.15, -0.1) is 0 Å². The Balaban J connectivity index is 1.11. The van der Waals surface area contributed by atoms with Crippen LogP contribution in [-0.4, -0.2) is 44.6 Å². The predicted octanol–water partition coefficient (Wildman–Crippen LogP) is 0.659. The highest BCUT2D eigenvalue weighted by Crippen LogP contribution is 2.04. The van der Waals surface area contributed by atoms with Gasteiger partial charge in [-0.1, -0.05) is 24.3 Å². The summed E-state index contributed by atoms with van der Waals surface area (Å²) in [7, 11) is 0. The smallest absolute Gasteiger partial charge is 0.328 e. The molecule has 4 N–H and O–H groups in total. The maximum absolute atomic E-state index is 12.5. The van der Waals surface area contributed by atoms with E-state index in [0.717, 1.165) is 4.57 Å². The standard InChI is InChI=1S/C26H30N6O5/c33-22(28-15-7-17-32-24(35)19-9-2-4-11-21(19)30-26(32)37)12-5-13-27-14-6-16-31-23(34)18-8-1-3-10-20(18)29-25(31)36/h1-4,8-11,27H,5-7,12-17H2,(H,28,33)(H,29,36)(H,30,37). The molecule has 11 nitrogen and oxygen atoms in total. The molecular formula is C26H30N6O5. The Morgan fingerprint density at radius 2 is 1.16 bits per heavy atom. The molecule has 0 spiro atoms. The molecule has 0 fully saturated rings. The zero-order valence-corrected chi connectivity index (χ0v) is 20.4. The molecular weight excluding hydrogens is 476 g/mol. The fourth-order valence-corrected chi connectivity index (χ4v) is 4.22. The van der Waals surface area contributed by atoms with Crippen molar-refractivity contribution in [1.82, 2.24) is 29.7 Å². The second-order valence-corrected chi connectivity index (χ2v) is 8.78. The van der Waals surface area contributed by atoms with E-state index in [1.165, 1.54) is 4.57 Å². The van der Waals surface area contributed by atoms with Crippen LogP contribution in [0.4, 0.5) is 0 Å². The number of carbonyl (C=O) groups excluding carboxylic acids is 1. The maximum Gasteiger partial charge on any atom is 0.328 e. The minimum Gasteiger partial charge on any atom is -0.356 e. The summed E-state index contributed by atoms with van der Waals surface area (Å²) in [5.74, 6) is -0.101. The number of nitrogens with zero attached hydrogens (tertiary/aromatic N) is 2. The van der Waals surface area contributed by atoms with Crippen molar-refractivity contribution in [2.24, 2.45) is 0 Å². The Bertz CT molecular complexity index is 1630. The number of fused-ring (bicyclic) bond motifs is 2. The minimum atomic E-state index is -0.462. The SMILES string of the molecule is O=C(CCCNCCCn1c(=O)[nH]c2ccccc2c1=O)NCCCn1c(=O)[nH]c2ccccc2c1=O. The second kappa shape index (κ2) is 12.1. The summed E-state index contributed by atoms with van der Waals surface area (Å²) in [6.45, 7) is 2.10. The van der Waals surface area contributed by atoms with Crippen molar-refractivity contribution in [1.29, 1.82) is 0 Å². The van der Waals surface area contributed by atoms with E-state index in [4.69, 9.17) is 0 Å². The van der Waals surface area contributed by atoms with Gasteiger partial charge >= 0.3 is 11.4 Å². The lowest BCUT2D eigenvalue weighted by Gasteiger charge is -2.09. The van der Waals surface area contributed by atoms with Gasteiger partial charge in [-0.2, -0.15) is 0 Å². The molecule has 0 aliphatic rings. The van der Waals surface area contributed by atoms with Crippen LogP contribution < -0.4 is 33.1 Å². The summed E-state index contributed by atoms with van der Waals surface area (Å²) in [6.07, 6.45) is 2.03. The van der Waals surface area contributed by atoms with Crippen LogP contribution in [0.15, 0.2) is 67.7 Å². The molecule has 0 saturated heterocycles. The first-order valence-corrected chi connectivity index (χ1v) is 12.4. The number of hydrogen-bond acceptors (Lipinski definition) is 6. The molecule has 4 rings (SSSR count). The van der Waals surface area contributed by atoms with E-state index in [9.17, 15) is 24.0 Å². The summed E-state index contributed by atoms with van der Waals surface area (Å²) >= 11 is 0. The Labute approximate surface area is 211 Å². The number of rotatable bonds is 12. The van der Waals surface area contributed by atoms with Crippen molar-refractivity contribution in [2.45, 2.75) is 38.8 Å². The van der Waals surface area contributed by atoms with Crippen LogP contribution in [-0.2, 0) is 17.9 Å². The number of hydrogen-bond donors (Lipinski definition) is 4. The van der Waals surface area contributed by atoms with Gasteiger partial charge in [0.2, 0.25) is 5.91 Å². The highest BCUT2D eigenvalue weighted by molar-refractivity contribution is 5.77. The highest BCUT2D eigenvalue weighted by atomic mass is 16.2. The van der Waals surface area contributed by atoms with Gasteiger partial charge in [0.1, 0.15) is 0 Å². The van der Waals surface area contributed by atoms with E-state index in [0.29, 0.717) is 73.7 Å². The van der Waals surface area contributed by atoms with E-state index in [1.807, 2.05) is 0 Å². The fraction of sp³-hybridized carbons (Fsp3) is 0.346. The molecule has 0 radical (unpaired) electrons. The first-order chi connectivity index (χ1) is 18.0. The second-order valence-electron chi connectivity index (χ2n) is 8.78. The lowest BCUT2D eigenvalue weighted by atomic mass is 10.2. The molecule has 0 aliphatic carbocycles. The van der Waals surface area contributed by atoms with Gasteiger partial charge in [0.25, 0.3) is 11.1 Å². The average molecular weight is 507 g/mol. The van der Waals surface area contributed by atoms with Crippen molar-refractivity contribution in [3.05, 3.63) is 90.2 Å². The third kappa shape index (κ3) is 6.31. The van der Waals surface area contributed by atoms with E-state index in [-0.39, 0.29) is 23.6 Å². The first-order valence-electron chi connectivity index (χ1n) is 12.4. The van der Waals surface area contributed by atoms with Gasteiger partial charge < -0.3 is 20.6 Å². The monoisotopic (exact) mass is 506 g/mol. The number of carbonyl (C=O) groups is 1. The number of benzene rings is 2. The van der Waals surface area contributed by atoms with Crippen molar-refractivity contribution >= 4 is 27.7 Å².